The quantitative estimate of drug-likeness (QED) is 0.850. The van der Waals surface area contributed by atoms with Gasteiger partial charge in [0.2, 0.25) is 0 Å². The average Bonchev–Trinajstić information content (AvgIpc) is 2.84. The van der Waals surface area contributed by atoms with Crippen LogP contribution in [0.5, 0.6) is 0 Å². The summed E-state index contributed by atoms with van der Waals surface area (Å²) in [4.78, 5) is 17.4. The van der Waals surface area contributed by atoms with Crippen LogP contribution < -0.4 is 0 Å². The zero-order valence-corrected chi connectivity index (χ0v) is 12.4. The zero-order chi connectivity index (χ0) is 14.6. The number of carbonyl (C=O) groups is 1. The van der Waals surface area contributed by atoms with Crippen molar-refractivity contribution in [2.45, 2.75) is 25.3 Å². The van der Waals surface area contributed by atoms with E-state index in [0.717, 1.165) is 54.0 Å². The summed E-state index contributed by atoms with van der Waals surface area (Å²) in [5.74, 6) is -1.00. The Morgan fingerprint density at radius 3 is 3.05 bits per heavy atom. The summed E-state index contributed by atoms with van der Waals surface area (Å²) in [6, 6.07) is 5.82. The Kier molecular flexibility index (Phi) is 2.98. The summed E-state index contributed by atoms with van der Waals surface area (Å²) >= 11 is 6.12. The SMILES string of the molecule is O=C(O)[C@@H]1CCCN2CCc3c([nH]c4ccc(Cl)cc34)[C@@H]12. The Bertz CT molecular complexity index is 724. The van der Waals surface area contributed by atoms with Crippen LogP contribution in [0.15, 0.2) is 18.2 Å². The lowest BCUT2D eigenvalue weighted by molar-refractivity contribution is -0.146. The van der Waals surface area contributed by atoms with E-state index >= 15 is 0 Å². The van der Waals surface area contributed by atoms with Crippen molar-refractivity contribution in [1.82, 2.24) is 9.88 Å². The number of hydrogen-bond acceptors (Lipinski definition) is 2. The number of aromatic amines is 1. The number of H-pyrrole nitrogens is 1. The third kappa shape index (κ3) is 1.97. The molecule has 0 bridgehead atoms. The van der Waals surface area contributed by atoms with E-state index in [1.165, 1.54) is 5.56 Å². The predicted molar refractivity (Wildman–Crippen MR) is 81.7 cm³/mol. The van der Waals surface area contributed by atoms with Crippen molar-refractivity contribution in [1.29, 1.82) is 0 Å². The number of carboxylic acid groups (broad SMARTS) is 1. The molecule has 0 aliphatic carbocycles. The van der Waals surface area contributed by atoms with Crippen LogP contribution in [0.3, 0.4) is 0 Å². The van der Waals surface area contributed by atoms with Gasteiger partial charge in [-0.05, 0) is 49.6 Å². The molecule has 0 spiro atoms. The molecule has 0 amide bonds. The van der Waals surface area contributed by atoms with E-state index in [2.05, 4.69) is 9.88 Å². The van der Waals surface area contributed by atoms with Crippen molar-refractivity contribution < 1.29 is 9.90 Å². The number of nitrogens with zero attached hydrogens (tertiary/aromatic N) is 1. The molecule has 2 aliphatic rings. The third-order valence-corrected chi connectivity index (χ3v) is 5.13. The molecule has 2 aromatic rings. The maximum absolute atomic E-state index is 11.6. The molecule has 2 aliphatic heterocycles. The predicted octanol–water partition coefficient (Wildman–Crippen LogP) is 3.22. The normalized spacial score (nSPS) is 25.6. The Labute approximate surface area is 127 Å². The number of hydrogen-bond donors (Lipinski definition) is 2. The van der Waals surface area contributed by atoms with E-state index < -0.39 is 5.97 Å². The number of aromatic nitrogens is 1. The number of carboxylic acids is 1. The van der Waals surface area contributed by atoms with Crippen LogP contribution >= 0.6 is 11.6 Å². The summed E-state index contributed by atoms with van der Waals surface area (Å²) in [6.45, 7) is 1.92. The largest absolute Gasteiger partial charge is 0.481 e. The summed E-state index contributed by atoms with van der Waals surface area (Å²) in [5.41, 5.74) is 3.40. The van der Waals surface area contributed by atoms with Crippen LogP contribution in [0.1, 0.15) is 30.1 Å². The number of piperidine rings is 1. The Morgan fingerprint density at radius 1 is 1.38 bits per heavy atom. The Hall–Kier alpha value is -1.52. The standard InChI is InChI=1S/C16H17ClN2O2/c17-9-3-4-13-12(8-9)10-5-7-19-6-1-2-11(16(20)21)15(19)14(10)18-13/h3-4,8,11,15,18H,1-2,5-7H2,(H,20,21)/t11-,15-/m1/s1. The van der Waals surface area contributed by atoms with Crippen molar-refractivity contribution in [2.24, 2.45) is 5.92 Å². The molecule has 0 radical (unpaired) electrons. The maximum Gasteiger partial charge on any atom is 0.308 e. The van der Waals surface area contributed by atoms with Crippen molar-refractivity contribution in [3.63, 3.8) is 0 Å². The fraction of sp³-hybridized carbons (Fsp3) is 0.438. The zero-order valence-electron chi connectivity index (χ0n) is 11.6. The second kappa shape index (κ2) is 4.75. The first-order chi connectivity index (χ1) is 10.1. The average molecular weight is 305 g/mol. The van der Waals surface area contributed by atoms with Gasteiger partial charge in [0.25, 0.3) is 0 Å². The Balaban J connectivity index is 1.89. The highest BCUT2D eigenvalue weighted by Crippen LogP contribution is 2.42. The highest BCUT2D eigenvalue weighted by atomic mass is 35.5. The molecule has 1 fully saturated rings. The molecule has 4 nitrogen and oxygen atoms in total. The van der Waals surface area contributed by atoms with Crippen molar-refractivity contribution in [3.8, 4) is 0 Å². The first-order valence-corrected chi connectivity index (χ1v) is 7.80. The molecule has 3 heterocycles. The lowest BCUT2D eigenvalue weighted by Crippen LogP contribution is -2.45. The van der Waals surface area contributed by atoms with Crippen LogP contribution in [0.2, 0.25) is 5.02 Å². The van der Waals surface area contributed by atoms with Gasteiger partial charge in [0.05, 0.1) is 12.0 Å². The molecule has 1 saturated heterocycles. The van der Waals surface area contributed by atoms with Crippen molar-refractivity contribution >= 4 is 28.5 Å². The van der Waals surface area contributed by atoms with Gasteiger partial charge in [-0.2, -0.15) is 0 Å². The lowest BCUT2D eigenvalue weighted by atomic mass is 9.82. The van der Waals surface area contributed by atoms with E-state index in [0.29, 0.717) is 0 Å². The van der Waals surface area contributed by atoms with Crippen LogP contribution in [-0.2, 0) is 11.2 Å². The molecule has 0 saturated carbocycles. The maximum atomic E-state index is 11.6. The van der Waals surface area contributed by atoms with Gasteiger partial charge >= 0.3 is 5.97 Å². The molecule has 110 valence electrons. The van der Waals surface area contributed by atoms with Gasteiger partial charge in [0, 0.05) is 28.2 Å². The van der Waals surface area contributed by atoms with Gasteiger partial charge in [-0.1, -0.05) is 11.6 Å². The molecule has 2 N–H and O–H groups in total. The van der Waals surface area contributed by atoms with Gasteiger partial charge in [-0.15, -0.1) is 0 Å². The smallest absolute Gasteiger partial charge is 0.308 e. The van der Waals surface area contributed by atoms with E-state index in [1.54, 1.807) is 0 Å². The van der Waals surface area contributed by atoms with Crippen LogP contribution in [-0.4, -0.2) is 34.0 Å². The van der Waals surface area contributed by atoms with E-state index in [9.17, 15) is 9.90 Å². The van der Waals surface area contributed by atoms with Crippen LogP contribution in [0.25, 0.3) is 10.9 Å². The number of benzene rings is 1. The molecular formula is C16H17ClN2O2. The van der Waals surface area contributed by atoms with Gasteiger partial charge in [0.1, 0.15) is 0 Å². The second-order valence-electron chi connectivity index (χ2n) is 6.02. The molecule has 2 atom stereocenters. The minimum absolute atomic E-state index is 0.0221. The van der Waals surface area contributed by atoms with E-state index in [1.807, 2.05) is 18.2 Å². The van der Waals surface area contributed by atoms with Gasteiger partial charge in [0.15, 0.2) is 0 Å². The highest BCUT2D eigenvalue weighted by Gasteiger charge is 2.41. The lowest BCUT2D eigenvalue weighted by Gasteiger charge is -2.42. The monoisotopic (exact) mass is 304 g/mol. The molecule has 4 rings (SSSR count). The number of rotatable bonds is 1. The topological polar surface area (TPSA) is 56.3 Å². The Morgan fingerprint density at radius 2 is 2.24 bits per heavy atom. The summed E-state index contributed by atoms with van der Waals surface area (Å²) in [5, 5.41) is 11.4. The first kappa shape index (κ1) is 13.2. The van der Waals surface area contributed by atoms with Crippen molar-refractivity contribution in [3.05, 3.63) is 34.5 Å². The summed E-state index contributed by atoms with van der Waals surface area (Å²) in [6.07, 6.45) is 2.68. The number of halogens is 1. The van der Waals surface area contributed by atoms with Crippen LogP contribution in [0, 0.1) is 5.92 Å². The highest BCUT2D eigenvalue weighted by molar-refractivity contribution is 6.31. The fourth-order valence-electron chi connectivity index (χ4n) is 3.98. The summed E-state index contributed by atoms with van der Waals surface area (Å²) < 4.78 is 0. The second-order valence-corrected chi connectivity index (χ2v) is 6.46. The minimum atomic E-state index is -0.686. The molecule has 1 aromatic heterocycles. The van der Waals surface area contributed by atoms with E-state index in [4.69, 9.17) is 11.6 Å². The van der Waals surface area contributed by atoms with Crippen molar-refractivity contribution in [2.75, 3.05) is 13.1 Å². The summed E-state index contributed by atoms with van der Waals surface area (Å²) in [7, 11) is 0. The van der Waals surface area contributed by atoms with Gasteiger partial charge in [-0.25, -0.2) is 0 Å². The number of fused-ring (bicyclic) bond motifs is 5. The van der Waals surface area contributed by atoms with E-state index in [-0.39, 0.29) is 12.0 Å². The molecule has 21 heavy (non-hydrogen) atoms. The fourth-order valence-corrected chi connectivity index (χ4v) is 4.15. The van der Waals surface area contributed by atoms with Gasteiger partial charge in [-0.3, -0.25) is 9.69 Å². The molecular weight excluding hydrogens is 288 g/mol. The first-order valence-electron chi connectivity index (χ1n) is 7.42. The minimum Gasteiger partial charge on any atom is -0.481 e. The third-order valence-electron chi connectivity index (χ3n) is 4.90. The molecule has 5 heteroatoms. The van der Waals surface area contributed by atoms with Crippen LogP contribution in [0.4, 0.5) is 0 Å². The van der Waals surface area contributed by atoms with Gasteiger partial charge < -0.3 is 10.1 Å². The molecule has 1 aromatic carbocycles. The molecule has 0 unspecified atom stereocenters. The number of nitrogens with one attached hydrogen (secondary N) is 1. The number of aliphatic carboxylic acids is 1.